The number of carbonyl (C=O) groups is 2. The molecular formula is C18H20N6O4S. The van der Waals surface area contributed by atoms with Crippen LogP contribution in [0.5, 0.6) is 0 Å². The van der Waals surface area contributed by atoms with Crippen molar-refractivity contribution in [3.05, 3.63) is 45.8 Å². The molecule has 29 heavy (non-hydrogen) atoms. The monoisotopic (exact) mass is 416 g/mol. The van der Waals surface area contributed by atoms with Crippen molar-refractivity contribution in [3.63, 3.8) is 0 Å². The molecule has 2 aromatic heterocycles. The number of thiazole rings is 1. The zero-order chi connectivity index (χ0) is 21.0. The number of non-ortho nitro benzene ring substituents is 1. The van der Waals surface area contributed by atoms with Crippen LogP contribution in [0.1, 0.15) is 29.5 Å². The van der Waals surface area contributed by atoms with E-state index in [2.05, 4.69) is 20.3 Å². The average molecular weight is 416 g/mol. The largest absolute Gasteiger partial charge is 0.304 e. The first-order valence-electron chi connectivity index (χ1n) is 8.92. The summed E-state index contributed by atoms with van der Waals surface area (Å²) in [6.07, 6.45) is 1.74. The Kier molecular flexibility index (Phi) is 6.29. The Balaban J connectivity index is 0.000000755. The van der Waals surface area contributed by atoms with Crippen molar-refractivity contribution in [1.82, 2.24) is 19.7 Å². The lowest BCUT2D eigenvalue weighted by Crippen LogP contribution is -2.17. The first-order valence-corrected chi connectivity index (χ1v) is 9.74. The minimum absolute atomic E-state index is 0.000915. The van der Waals surface area contributed by atoms with E-state index < -0.39 is 4.92 Å². The van der Waals surface area contributed by atoms with Crippen LogP contribution < -0.4 is 5.32 Å². The summed E-state index contributed by atoms with van der Waals surface area (Å²) in [6, 6.07) is 6.23. The molecule has 0 atom stereocenters. The number of aryl methyl sites for hydroxylation is 1. The van der Waals surface area contributed by atoms with Gasteiger partial charge in [0.05, 0.1) is 20.8 Å². The molecule has 1 aromatic carbocycles. The van der Waals surface area contributed by atoms with Gasteiger partial charge >= 0.3 is 0 Å². The summed E-state index contributed by atoms with van der Waals surface area (Å²) >= 11 is 1.20. The van der Waals surface area contributed by atoms with Gasteiger partial charge in [-0.25, -0.2) is 4.98 Å². The zero-order valence-electron chi connectivity index (χ0n) is 16.0. The second-order valence-corrected chi connectivity index (χ2v) is 7.48. The molecular weight excluding hydrogens is 396 g/mol. The molecule has 0 bridgehead atoms. The van der Waals surface area contributed by atoms with Crippen LogP contribution in [0.2, 0.25) is 0 Å². The standard InChI is InChI=1S/C16H16N6O3S.C2H4O/c1-20-5-2-6-21-11(9-20)7-13(19-21)15(23)18-16-17-12-4-3-10(22(24)25)8-14(12)26-16;1-2-3/h3-4,7-8H,2,5-6,9H2,1H3,(H,17,18,23);2H,1H3. The number of hydrogen-bond donors (Lipinski definition) is 1. The highest BCUT2D eigenvalue weighted by molar-refractivity contribution is 7.22. The maximum absolute atomic E-state index is 12.5. The van der Waals surface area contributed by atoms with Crippen LogP contribution in [-0.2, 0) is 17.9 Å². The summed E-state index contributed by atoms with van der Waals surface area (Å²) < 4.78 is 2.52. The van der Waals surface area contributed by atoms with Crippen LogP contribution in [0, 0.1) is 10.1 Å². The number of hydrogen-bond acceptors (Lipinski definition) is 8. The van der Waals surface area contributed by atoms with Gasteiger partial charge in [0.15, 0.2) is 10.8 Å². The van der Waals surface area contributed by atoms with Crippen LogP contribution in [-0.4, -0.2) is 50.4 Å². The molecule has 1 aliphatic rings. The van der Waals surface area contributed by atoms with E-state index in [1.165, 1.54) is 30.4 Å². The number of aldehydes is 1. The van der Waals surface area contributed by atoms with Gasteiger partial charge in [-0.1, -0.05) is 11.3 Å². The molecule has 1 amide bonds. The van der Waals surface area contributed by atoms with Crippen molar-refractivity contribution >= 4 is 44.6 Å². The van der Waals surface area contributed by atoms with Crippen LogP contribution in [0.4, 0.5) is 10.8 Å². The van der Waals surface area contributed by atoms with E-state index in [-0.39, 0.29) is 11.6 Å². The lowest BCUT2D eigenvalue weighted by atomic mass is 10.3. The number of nitrogens with one attached hydrogen (secondary N) is 1. The Morgan fingerprint density at radius 3 is 2.83 bits per heavy atom. The van der Waals surface area contributed by atoms with Gasteiger partial charge in [0, 0.05) is 31.8 Å². The number of anilines is 1. The fraction of sp³-hybridized carbons (Fsp3) is 0.333. The topological polar surface area (TPSA) is 123 Å². The van der Waals surface area contributed by atoms with E-state index >= 15 is 0 Å². The number of nitrogens with zero attached hydrogens (tertiary/aromatic N) is 5. The molecule has 1 N–H and O–H groups in total. The minimum Gasteiger partial charge on any atom is -0.304 e. The smallest absolute Gasteiger partial charge is 0.277 e. The Bertz CT molecular complexity index is 1060. The van der Waals surface area contributed by atoms with E-state index in [0.29, 0.717) is 21.0 Å². The number of fused-ring (bicyclic) bond motifs is 2. The highest BCUT2D eigenvalue weighted by atomic mass is 32.1. The average Bonchev–Trinajstić information content (AvgIpc) is 3.20. The Morgan fingerprint density at radius 2 is 2.10 bits per heavy atom. The van der Waals surface area contributed by atoms with Gasteiger partial charge in [-0.3, -0.25) is 24.9 Å². The van der Waals surface area contributed by atoms with Crippen molar-refractivity contribution in [2.45, 2.75) is 26.4 Å². The molecule has 0 radical (unpaired) electrons. The maximum atomic E-state index is 12.5. The molecule has 10 nitrogen and oxygen atoms in total. The lowest BCUT2D eigenvalue weighted by molar-refractivity contribution is -0.384. The normalized spacial score (nSPS) is 13.7. The summed E-state index contributed by atoms with van der Waals surface area (Å²) in [5, 5.41) is 18.4. The second-order valence-electron chi connectivity index (χ2n) is 6.45. The van der Waals surface area contributed by atoms with E-state index in [9.17, 15) is 14.9 Å². The van der Waals surface area contributed by atoms with Gasteiger partial charge in [0.25, 0.3) is 11.6 Å². The third-order valence-electron chi connectivity index (χ3n) is 4.24. The van der Waals surface area contributed by atoms with E-state index in [0.717, 1.165) is 38.0 Å². The number of carbonyl (C=O) groups excluding carboxylic acids is 2. The molecule has 0 aliphatic carbocycles. The summed E-state index contributed by atoms with van der Waals surface area (Å²) in [5.74, 6) is -0.332. The Morgan fingerprint density at radius 1 is 1.34 bits per heavy atom. The Hall–Kier alpha value is -3.18. The molecule has 11 heteroatoms. The van der Waals surface area contributed by atoms with Crippen LogP contribution >= 0.6 is 11.3 Å². The molecule has 0 unspecified atom stereocenters. The van der Waals surface area contributed by atoms with Crippen molar-refractivity contribution < 1.29 is 14.5 Å². The molecule has 3 heterocycles. The molecule has 0 spiro atoms. The van der Waals surface area contributed by atoms with E-state index in [1.54, 1.807) is 12.1 Å². The molecule has 1 aliphatic heterocycles. The predicted molar refractivity (Wildman–Crippen MR) is 109 cm³/mol. The van der Waals surface area contributed by atoms with Crippen molar-refractivity contribution in [1.29, 1.82) is 0 Å². The molecule has 0 saturated heterocycles. The predicted octanol–water partition coefficient (Wildman–Crippen LogP) is 2.69. The van der Waals surface area contributed by atoms with Crippen molar-refractivity contribution in [2.75, 3.05) is 18.9 Å². The van der Waals surface area contributed by atoms with Gasteiger partial charge in [-0.05, 0) is 32.5 Å². The highest BCUT2D eigenvalue weighted by Crippen LogP contribution is 2.29. The zero-order valence-corrected chi connectivity index (χ0v) is 16.8. The van der Waals surface area contributed by atoms with E-state index in [4.69, 9.17) is 4.79 Å². The SMILES string of the molecule is CC=O.CN1CCCn2nc(C(=O)Nc3nc4ccc([N+](=O)[O-])cc4s3)cc2C1. The summed E-state index contributed by atoms with van der Waals surface area (Å²) in [6.45, 7) is 3.99. The third kappa shape index (κ3) is 4.81. The van der Waals surface area contributed by atoms with Gasteiger partial charge in [-0.15, -0.1) is 0 Å². The first kappa shape index (κ1) is 20.6. The number of nitro benzene ring substituents is 1. The Labute approximate surface area is 170 Å². The van der Waals surface area contributed by atoms with Gasteiger partial charge in [0.2, 0.25) is 0 Å². The first-order chi connectivity index (χ1) is 13.9. The fourth-order valence-corrected chi connectivity index (χ4v) is 3.87. The van der Waals surface area contributed by atoms with Crippen LogP contribution in [0.15, 0.2) is 24.3 Å². The lowest BCUT2D eigenvalue weighted by Gasteiger charge is -2.10. The minimum atomic E-state index is -0.452. The van der Waals surface area contributed by atoms with Gasteiger partial charge in [-0.2, -0.15) is 5.10 Å². The number of amides is 1. The summed E-state index contributed by atoms with van der Waals surface area (Å²) in [5.41, 5.74) is 1.97. The number of nitro groups is 1. The van der Waals surface area contributed by atoms with Gasteiger partial charge < -0.3 is 9.69 Å². The van der Waals surface area contributed by atoms with Crippen molar-refractivity contribution in [3.8, 4) is 0 Å². The summed E-state index contributed by atoms with van der Waals surface area (Å²) in [4.78, 5) is 38.2. The highest BCUT2D eigenvalue weighted by Gasteiger charge is 2.19. The third-order valence-corrected chi connectivity index (χ3v) is 5.17. The van der Waals surface area contributed by atoms with Gasteiger partial charge in [0.1, 0.15) is 6.29 Å². The number of rotatable bonds is 3. The quantitative estimate of drug-likeness (QED) is 0.395. The second kappa shape index (κ2) is 8.88. The number of aromatic nitrogens is 3. The van der Waals surface area contributed by atoms with Crippen molar-refractivity contribution in [2.24, 2.45) is 0 Å². The van der Waals surface area contributed by atoms with Crippen LogP contribution in [0.25, 0.3) is 10.2 Å². The molecule has 4 rings (SSSR count). The number of benzene rings is 1. The summed E-state index contributed by atoms with van der Waals surface area (Å²) in [7, 11) is 2.04. The molecule has 0 fully saturated rings. The molecule has 152 valence electrons. The van der Waals surface area contributed by atoms with Crippen LogP contribution in [0.3, 0.4) is 0 Å². The maximum Gasteiger partial charge on any atom is 0.277 e. The van der Waals surface area contributed by atoms with E-state index in [1.807, 2.05) is 11.7 Å². The fourth-order valence-electron chi connectivity index (χ4n) is 2.97. The molecule has 3 aromatic rings. The molecule has 0 saturated carbocycles.